The molecule has 1 aromatic carbocycles. The van der Waals surface area contributed by atoms with E-state index in [1.54, 1.807) is 11.3 Å². The van der Waals surface area contributed by atoms with Crippen molar-refractivity contribution in [2.24, 2.45) is 0 Å². The summed E-state index contributed by atoms with van der Waals surface area (Å²) in [5.74, 6) is 0. The highest BCUT2D eigenvalue weighted by Gasteiger charge is 2.01. The van der Waals surface area contributed by atoms with E-state index in [0.29, 0.717) is 0 Å². The average molecular weight is 190 g/mol. The molecule has 0 aliphatic carbocycles. The van der Waals surface area contributed by atoms with Gasteiger partial charge >= 0.3 is 0 Å². The molecular formula is C9H11BN2S. The summed E-state index contributed by atoms with van der Waals surface area (Å²) in [6, 6.07) is 6.37. The van der Waals surface area contributed by atoms with Gasteiger partial charge in [-0.1, -0.05) is 11.5 Å². The van der Waals surface area contributed by atoms with Crippen molar-refractivity contribution in [3.63, 3.8) is 0 Å². The summed E-state index contributed by atoms with van der Waals surface area (Å²) < 4.78 is 1.28. The SMILES string of the molecule is Bc1ccc2nc(CNC)sc2c1. The van der Waals surface area contributed by atoms with Crippen LogP contribution in [-0.2, 0) is 6.54 Å². The monoisotopic (exact) mass is 190 g/mol. The second-order valence-corrected chi connectivity index (χ2v) is 4.22. The molecule has 0 aliphatic heterocycles. The van der Waals surface area contributed by atoms with Crippen LogP contribution in [0.4, 0.5) is 0 Å². The van der Waals surface area contributed by atoms with E-state index in [-0.39, 0.29) is 0 Å². The lowest BCUT2D eigenvalue weighted by atomic mass is 9.97. The molecule has 0 fully saturated rings. The number of rotatable bonds is 2. The first kappa shape index (κ1) is 8.72. The number of nitrogens with zero attached hydrogens (tertiary/aromatic N) is 1. The van der Waals surface area contributed by atoms with Crippen LogP contribution in [0, 0.1) is 0 Å². The number of thiazole rings is 1. The molecule has 0 saturated heterocycles. The topological polar surface area (TPSA) is 24.9 Å². The summed E-state index contributed by atoms with van der Waals surface area (Å²) in [5, 5.41) is 4.26. The third-order valence-corrected chi connectivity index (χ3v) is 2.93. The Bertz CT molecular complexity index is 424. The van der Waals surface area contributed by atoms with Gasteiger partial charge in [0.2, 0.25) is 0 Å². The van der Waals surface area contributed by atoms with E-state index in [1.165, 1.54) is 10.2 Å². The molecule has 13 heavy (non-hydrogen) atoms. The molecule has 1 aromatic heterocycles. The van der Waals surface area contributed by atoms with Gasteiger partial charge in [-0.3, -0.25) is 0 Å². The molecule has 2 nitrogen and oxygen atoms in total. The molecule has 0 bridgehead atoms. The van der Waals surface area contributed by atoms with Crippen molar-refractivity contribution >= 4 is 34.9 Å². The molecule has 0 saturated carbocycles. The van der Waals surface area contributed by atoms with Crippen LogP contribution in [0.15, 0.2) is 18.2 Å². The van der Waals surface area contributed by atoms with E-state index in [9.17, 15) is 0 Å². The normalized spacial score (nSPS) is 10.8. The van der Waals surface area contributed by atoms with Crippen molar-refractivity contribution in [3.05, 3.63) is 23.2 Å². The number of hydrogen-bond donors (Lipinski definition) is 1. The Hall–Kier alpha value is -0.865. The lowest BCUT2D eigenvalue weighted by molar-refractivity contribution is 0.812. The first-order valence-electron chi connectivity index (χ1n) is 4.30. The van der Waals surface area contributed by atoms with Crippen molar-refractivity contribution in [1.82, 2.24) is 10.3 Å². The molecule has 1 heterocycles. The maximum atomic E-state index is 4.50. The van der Waals surface area contributed by atoms with Crippen molar-refractivity contribution in [3.8, 4) is 0 Å². The van der Waals surface area contributed by atoms with Crippen molar-refractivity contribution < 1.29 is 0 Å². The highest BCUT2D eigenvalue weighted by Crippen LogP contribution is 2.20. The van der Waals surface area contributed by atoms with Crippen molar-refractivity contribution in [1.29, 1.82) is 0 Å². The largest absolute Gasteiger partial charge is 0.314 e. The van der Waals surface area contributed by atoms with E-state index in [4.69, 9.17) is 0 Å². The summed E-state index contributed by atoms with van der Waals surface area (Å²) in [5.41, 5.74) is 2.41. The number of benzene rings is 1. The lowest BCUT2D eigenvalue weighted by Gasteiger charge is -1.88. The predicted octanol–water partition coefficient (Wildman–Crippen LogP) is 0.274. The van der Waals surface area contributed by atoms with E-state index >= 15 is 0 Å². The van der Waals surface area contributed by atoms with Gasteiger partial charge in [0.1, 0.15) is 12.9 Å². The Labute approximate surface area is 82.4 Å². The quantitative estimate of drug-likeness (QED) is 0.687. The maximum Gasteiger partial charge on any atom is 0.139 e. The van der Waals surface area contributed by atoms with Crippen LogP contribution < -0.4 is 10.8 Å². The smallest absolute Gasteiger partial charge is 0.139 e. The van der Waals surface area contributed by atoms with Crippen LogP contribution >= 0.6 is 11.3 Å². The fourth-order valence-corrected chi connectivity index (χ4v) is 2.38. The zero-order valence-corrected chi connectivity index (χ0v) is 8.61. The Morgan fingerprint density at radius 2 is 2.38 bits per heavy atom. The second-order valence-electron chi connectivity index (χ2n) is 3.11. The van der Waals surface area contributed by atoms with E-state index in [1.807, 2.05) is 7.05 Å². The van der Waals surface area contributed by atoms with Gasteiger partial charge in [-0.2, -0.15) is 0 Å². The maximum absolute atomic E-state index is 4.50. The minimum Gasteiger partial charge on any atom is -0.314 e. The molecule has 2 aromatic rings. The van der Waals surface area contributed by atoms with Gasteiger partial charge in [-0.25, -0.2) is 4.98 Å². The van der Waals surface area contributed by atoms with Crippen molar-refractivity contribution in [2.75, 3.05) is 7.05 Å². The van der Waals surface area contributed by atoms with Gasteiger partial charge in [0.05, 0.1) is 10.2 Å². The van der Waals surface area contributed by atoms with Gasteiger partial charge in [0.25, 0.3) is 0 Å². The van der Waals surface area contributed by atoms with Gasteiger partial charge in [-0.05, 0) is 19.2 Å². The Kier molecular flexibility index (Phi) is 2.33. The summed E-state index contributed by atoms with van der Waals surface area (Å²) in [6.07, 6.45) is 0. The first-order chi connectivity index (χ1) is 6.29. The third kappa shape index (κ3) is 1.74. The minimum atomic E-state index is 0.860. The highest BCUT2D eigenvalue weighted by atomic mass is 32.1. The molecule has 66 valence electrons. The van der Waals surface area contributed by atoms with E-state index in [2.05, 4.69) is 36.3 Å². The number of hydrogen-bond acceptors (Lipinski definition) is 3. The van der Waals surface area contributed by atoms with Crippen LogP contribution in [0.5, 0.6) is 0 Å². The van der Waals surface area contributed by atoms with E-state index < -0.39 is 0 Å². The molecule has 0 atom stereocenters. The molecule has 4 heteroatoms. The molecule has 0 unspecified atom stereocenters. The van der Waals surface area contributed by atoms with Gasteiger partial charge in [-0.15, -0.1) is 11.3 Å². The van der Waals surface area contributed by atoms with Crippen molar-refractivity contribution in [2.45, 2.75) is 6.54 Å². The molecule has 0 amide bonds. The Morgan fingerprint density at radius 3 is 3.15 bits per heavy atom. The number of nitrogens with one attached hydrogen (secondary N) is 1. The predicted molar refractivity (Wildman–Crippen MR) is 60.6 cm³/mol. The fourth-order valence-electron chi connectivity index (χ4n) is 1.31. The fraction of sp³-hybridized carbons (Fsp3) is 0.222. The van der Waals surface area contributed by atoms with Crippen LogP contribution in [0.1, 0.15) is 5.01 Å². The molecule has 0 spiro atoms. The zero-order chi connectivity index (χ0) is 9.26. The number of fused-ring (bicyclic) bond motifs is 1. The molecular weight excluding hydrogens is 179 g/mol. The van der Waals surface area contributed by atoms with Crippen LogP contribution in [-0.4, -0.2) is 19.9 Å². The van der Waals surface area contributed by atoms with Gasteiger partial charge < -0.3 is 5.32 Å². The highest BCUT2D eigenvalue weighted by molar-refractivity contribution is 7.18. The molecule has 2 rings (SSSR count). The van der Waals surface area contributed by atoms with Crippen LogP contribution in [0.3, 0.4) is 0 Å². The van der Waals surface area contributed by atoms with Crippen LogP contribution in [0.2, 0.25) is 0 Å². The minimum absolute atomic E-state index is 0.860. The van der Waals surface area contributed by atoms with E-state index in [0.717, 1.165) is 17.1 Å². The van der Waals surface area contributed by atoms with Gasteiger partial charge in [0.15, 0.2) is 0 Å². The zero-order valence-electron chi connectivity index (χ0n) is 7.79. The van der Waals surface area contributed by atoms with Gasteiger partial charge in [0, 0.05) is 6.54 Å². The number of aromatic nitrogens is 1. The average Bonchev–Trinajstić information content (AvgIpc) is 2.46. The summed E-state index contributed by atoms with van der Waals surface area (Å²) in [6.45, 7) is 0.860. The summed E-state index contributed by atoms with van der Waals surface area (Å²) in [7, 11) is 4.05. The lowest BCUT2D eigenvalue weighted by Crippen LogP contribution is -2.03. The molecule has 0 radical (unpaired) electrons. The summed E-state index contributed by atoms with van der Waals surface area (Å²) in [4.78, 5) is 4.50. The standard InChI is InChI=1S/C9H11BN2S/c1-11-5-9-12-7-3-2-6(10)4-8(7)13-9/h2-4,11H,5,10H2,1H3. The molecule has 1 N–H and O–H groups in total. The first-order valence-corrected chi connectivity index (χ1v) is 5.12. The Morgan fingerprint density at radius 1 is 1.54 bits per heavy atom. The third-order valence-electron chi connectivity index (χ3n) is 1.92. The second kappa shape index (κ2) is 3.48. The summed E-state index contributed by atoms with van der Waals surface area (Å²) >= 11 is 1.76. The van der Waals surface area contributed by atoms with Crippen LogP contribution in [0.25, 0.3) is 10.2 Å². The molecule has 0 aliphatic rings. The Balaban J connectivity index is 2.49.